The number of hydrogen-bond donors (Lipinski definition) is 2. The van der Waals surface area contributed by atoms with Crippen LogP contribution in [0.4, 0.5) is 26.3 Å². The van der Waals surface area contributed by atoms with Crippen molar-refractivity contribution >= 4 is 0 Å². The average Bonchev–Trinajstić information content (AvgIpc) is 2.59. The normalized spacial score (nSPS) is 32.4. The minimum absolute atomic E-state index is 0.0329. The first-order valence-electron chi connectivity index (χ1n) is 7.16. The Morgan fingerprint density at radius 3 is 2.05 bits per heavy atom. The van der Waals surface area contributed by atoms with Crippen molar-refractivity contribution in [3.05, 3.63) is 0 Å². The maximum Gasteiger partial charge on any atom is 0.426 e. The molecule has 1 aliphatic carbocycles. The van der Waals surface area contributed by atoms with Gasteiger partial charge in [0.05, 0.1) is 0 Å². The maximum absolute atomic E-state index is 12.9. The highest BCUT2D eigenvalue weighted by molar-refractivity contribution is 5.03. The van der Waals surface area contributed by atoms with Gasteiger partial charge in [0.2, 0.25) is 0 Å². The van der Waals surface area contributed by atoms with Crippen molar-refractivity contribution < 1.29 is 31.4 Å². The van der Waals surface area contributed by atoms with E-state index >= 15 is 0 Å². The van der Waals surface area contributed by atoms with Gasteiger partial charge in [-0.25, -0.2) is 0 Å². The van der Waals surface area contributed by atoms with Gasteiger partial charge in [0.15, 0.2) is 0 Å². The van der Waals surface area contributed by atoms with Crippen LogP contribution in [0.5, 0.6) is 0 Å². The summed E-state index contributed by atoms with van der Waals surface area (Å²) in [6, 6.07) is -0.0329. The lowest BCUT2D eigenvalue weighted by Crippen LogP contribution is -2.63. The lowest BCUT2D eigenvalue weighted by molar-refractivity contribution is -0.388. The van der Waals surface area contributed by atoms with Crippen molar-refractivity contribution in [1.29, 1.82) is 0 Å². The SMILES string of the molecule is OC(C1CCC2NCCCCC2C1)(C(F)(F)F)C(F)(F)F. The third kappa shape index (κ3) is 3.02. The first kappa shape index (κ1) is 16.9. The van der Waals surface area contributed by atoms with Crippen molar-refractivity contribution in [2.24, 2.45) is 11.8 Å². The Bertz CT molecular complexity index is 353. The van der Waals surface area contributed by atoms with Crippen LogP contribution in [-0.4, -0.2) is 35.6 Å². The Balaban J connectivity index is 2.23. The van der Waals surface area contributed by atoms with E-state index in [4.69, 9.17) is 0 Å². The van der Waals surface area contributed by atoms with Gasteiger partial charge in [0.25, 0.3) is 5.60 Å². The second kappa shape index (κ2) is 5.61. The molecule has 0 amide bonds. The maximum atomic E-state index is 12.9. The summed E-state index contributed by atoms with van der Waals surface area (Å²) in [6.07, 6.45) is -9.42. The van der Waals surface area contributed by atoms with E-state index in [-0.39, 0.29) is 31.2 Å². The molecule has 3 unspecified atom stereocenters. The van der Waals surface area contributed by atoms with E-state index in [1.807, 2.05) is 0 Å². The quantitative estimate of drug-likeness (QED) is 0.726. The monoisotopic (exact) mass is 319 g/mol. The summed E-state index contributed by atoms with van der Waals surface area (Å²) in [5, 5.41) is 12.7. The first-order valence-corrected chi connectivity index (χ1v) is 7.16. The summed E-state index contributed by atoms with van der Waals surface area (Å²) in [7, 11) is 0. The second-order valence-electron chi connectivity index (χ2n) is 6.09. The molecule has 0 radical (unpaired) electrons. The lowest BCUT2D eigenvalue weighted by Gasteiger charge is -2.44. The molecule has 0 aromatic carbocycles. The number of rotatable bonds is 1. The van der Waals surface area contributed by atoms with E-state index < -0.39 is 23.9 Å². The van der Waals surface area contributed by atoms with Crippen LogP contribution in [0.2, 0.25) is 0 Å². The van der Waals surface area contributed by atoms with Gasteiger partial charge in [-0.05, 0) is 44.6 Å². The van der Waals surface area contributed by atoms with Gasteiger partial charge in [0, 0.05) is 12.0 Å². The van der Waals surface area contributed by atoms with E-state index in [1.54, 1.807) is 0 Å². The molecular formula is C13H19F6NO. The Morgan fingerprint density at radius 2 is 1.48 bits per heavy atom. The molecule has 1 heterocycles. The Morgan fingerprint density at radius 1 is 0.857 bits per heavy atom. The molecule has 1 saturated carbocycles. The number of alkyl halides is 6. The minimum Gasteiger partial charge on any atom is -0.373 e. The summed E-state index contributed by atoms with van der Waals surface area (Å²) in [6.45, 7) is 0.745. The fourth-order valence-electron chi connectivity index (χ4n) is 3.67. The Hall–Kier alpha value is -0.500. The van der Waals surface area contributed by atoms with Crippen LogP contribution in [0.3, 0.4) is 0 Å². The summed E-state index contributed by atoms with van der Waals surface area (Å²) >= 11 is 0. The highest BCUT2D eigenvalue weighted by atomic mass is 19.4. The van der Waals surface area contributed by atoms with Gasteiger partial charge in [-0.2, -0.15) is 26.3 Å². The van der Waals surface area contributed by atoms with E-state index in [1.165, 1.54) is 0 Å². The van der Waals surface area contributed by atoms with Gasteiger partial charge >= 0.3 is 12.4 Å². The molecule has 2 fully saturated rings. The van der Waals surface area contributed by atoms with Gasteiger partial charge in [0.1, 0.15) is 0 Å². The topological polar surface area (TPSA) is 32.3 Å². The second-order valence-corrected chi connectivity index (χ2v) is 6.09. The molecule has 0 bridgehead atoms. The molecule has 1 aliphatic heterocycles. The van der Waals surface area contributed by atoms with E-state index in [0.717, 1.165) is 19.4 Å². The number of aliphatic hydroxyl groups is 1. The molecule has 0 aromatic heterocycles. The largest absolute Gasteiger partial charge is 0.426 e. The smallest absolute Gasteiger partial charge is 0.373 e. The Kier molecular flexibility index (Phi) is 4.50. The van der Waals surface area contributed by atoms with Gasteiger partial charge in [-0.3, -0.25) is 0 Å². The summed E-state index contributed by atoms with van der Waals surface area (Å²) in [5.74, 6) is -2.05. The van der Waals surface area contributed by atoms with Crippen molar-refractivity contribution in [3.63, 3.8) is 0 Å². The zero-order valence-corrected chi connectivity index (χ0v) is 11.4. The lowest BCUT2D eigenvalue weighted by atomic mass is 9.69. The zero-order valence-electron chi connectivity index (χ0n) is 11.4. The fourth-order valence-corrected chi connectivity index (χ4v) is 3.67. The average molecular weight is 319 g/mol. The van der Waals surface area contributed by atoms with Crippen LogP contribution in [-0.2, 0) is 0 Å². The molecule has 2 nitrogen and oxygen atoms in total. The molecular weight excluding hydrogens is 300 g/mol. The fraction of sp³-hybridized carbons (Fsp3) is 1.00. The minimum atomic E-state index is -5.71. The predicted molar refractivity (Wildman–Crippen MR) is 63.5 cm³/mol. The van der Waals surface area contributed by atoms with Gasteiger partial charge in [-0.1, -0.05) is 6.42 Å². The third-order valence-electron chi connectivity index (χ3n) is 4.85. The molecule has 21 heavy (non-hydrogen) atoms. The first-order chi connectivity index (χ1) is 9.57. The molecule has 124 valence electrons. The van der Waals surface area contributed by atoms with Crippen molar-refractivity contribution in [1.82, 2.24) is 5.32 Å². The van der Waals surface area contributed by atoms with Crippen LogP contribution in [0, 0.1) is 11.8 Å². The molecule has 0 aromatic rings. The van der Waals surface area contributed by atoms with Crippen LogP contribution in [0.25, 0.3) is 0 Å². The highest BCUT2D eigenvalue weighted by Crippen LogP contribution is 2.52. The van der Waals surface area contributed by atoms with Gasteiger partial charge < -0.3 is 10.4 Å². The number of halogens is 6. The predicted octanol–water partition coefficient (Wildman–Crippen LogP) is 3.40. The van der Waals surface area contributed by atoms with Crippen LogP contribution >= 0.6 is 0 Å². The number of hydrogen-bond acceptors (Lipinski definition) is 2. The van der Waals surface area contributed by atoms with E-state index in [2.05, 4.69) is 5.32 Å². The molecule has 1 saturated heterocycles. The van der Waals surface area contributed by atoms with Crippen molar-refractivity contribution in [3.8, 4) is 0 Å². The van der Waals surface area contributed by atoms with Crippen molar-refractivity contribution in [2.75, 3.05) is 6.54 Å². The molecule has 8 heteroatoms. The summed E-state index contributed by atoms with van der Waals surface area (Å²) in [5.41, 5.74) is -4.60. The van der Waals surface area contributed by atoms with E-state index in [0.29, 0.717) is 6.42 Å². The standard InChI is InChI=1S/C13H19F6NO/c14-12(15,16)11(21,13(17,18)19)9-4-5-10-8(7-9)3-1-2-6-20-10/h8-10,20-21H,1-7H2. The van der Waals surface area contributed by atoms with E-state index in [9.17, 15) is 31.4 Å². The van der Waals surface area contributed by atoms with Crippen LogP contribution < -0.4 is 5.32 Å². The van der Waals surface area contributed by atoms with Crippen LogP contribution in [0.1, 0.15) is 38.5 Å². The zero-order chi connectivity index (χ0) is 15.9. The molecule has 0 spiro atoms. The third-order valence-corrected chi connectivity index (χ3v) is 4.85. The van der Waals surface area contributed by atoms with Gasteiger partial charge in [-0.15, -0.1) is 0 Å². The summed E-state index contributed by atoms with van der Waals surface area (Å²) < 4.78 is 77.4. The molecule has 2 rings (SSSR count). The molecule has 2 N–H and O–H groups in total. The Labute approximate surface area is 118 Å². The van der Waals surface area contributed by atoms with Crippen LogP contribution in [0.15, 0.2) is 0 Å². The molecule has 2 aliphatic rings. The number of nitrogens with one attached hydrogen (secondary N) is 1. The summed E-state index contributed by atoms with van der Waals surface area (Å²) in [4.78, 5) is 0. The molecule has 3 atom stereocenters. The highest BCUT2D eigenvalue weighted by Gasteiger charge is 2.73. The number of fused-ring (bicyclic) bond motifs is 1. The van der Waals surface area contributed by atoms with Crippen molar-refractivity contribution in [2.45, 2.75) is 62.5 Å².